The highest BCUT2D eigenvalue weighted by Gasteiger charge is 2.30. The summed E-state index contributed by atoms with van der Waals surface area (Å²) in [5.41, 5.74) is 4.57. The lowest BCUT2D eigenvalue weighted by molar-refractivity contribution is -0.137. The summed E-state index contributed by atoms with van der Waals surface area (Å²) in [5, 5.41) is 4.64. The highest BCUT2D eigenvalue weighted by Crippen LogP contribution is 2.29. The number of halogens is 3. The summed E-state index contributed by atoms with van der Waals surface area (Å²) >= 11 is 0. The van der Waals surface area contributed by atoms with Crippen LogP contribution in [0.2, 0.25) is 0 Å². The molecule has 0 aliphatic rings. The monoisotopic (exact) mass is 289 g/mol. The van der Waals surface area contributed by atoms with Crippen molar-refractivity contribution in [3.8, 4) is 0 Å². The highest BCUT2D eigenvalue weighted by atomic mass is 19.4. The van der Waals surface area contributed by atoms with Crippen LogP contribution in [0.3, 0.4) is 0 Å². The van der Waals surface area contributed by atoms with Crippen LogP contribution in [0.15, 0.2) is 24.3 Å². The van der Waals surface area contributed by atoms with Crippen molar-refractivity contribution >= 4 is 11.8 Å². The van der Waals surface area contributed by atoms with Gasteiger partial charge in [-0.1, -0.05) is 12.1 Å². The van der Waals surface area contributed by atoms with Crippen molar-refractivity contribution in [2.75, 3.05) is 13.1 Å². The molecule has 0 unspecified atom stereocenters. The van der Waals surface area contributed by atoms with Gasteiger partial charge in [0, 0.05) is 6.54 Å². The quantitative estimate of drug-likeness (QED) is 0.733. The van der Waals surface area contributed by atoms with E-state index in [9.17, 15) is 22.8 Å². The van der Waals surface area contributed by atoms with Crippen molar-refractivity contribution in [1.29, 1.82) is 0 Å². The summed E-state index contributed by atoms with van der Waals surface area (Å²) in [6.07, 6.45) is -4.42. The van der Waals surface area contributed by atoms with E-state index in [0.717, 1.165) is 12.1 Å². The first-order valence-corrected chi connectivity index (χ1v) is 5.72. The Balaban J connectivity index is 2.50. The van der Waals surface area contributed by atoms with Crippen LogP contribution in [-0.2, 0) is 22.3 Å². The van der Waals surface area contributed by atoms with Crippen molar-refractivity contribution in [3.05, 3.63) is 35.4 Å². The van der Waals surface area contributed by atoms with Crippen molar-refractivity contribution < 1.29 is 22.8 Å². The minimum atomic E-state index is -4.42. The van der Waals surface area contributed by atoms with Crippen LogP contribution in [0.1, 0.15) is 11.1 Å². The normalized spacial score (nSPS) is 11.0. The van der Waals surface area contributed by atoms with Crippen LogP contribution in [0, 0.1) is 0 Å². The Hall–Kier alpha value is -2.09. The van der Waals surface area contributed by atoms with Gasteiger partial charge in [0.25, 0.3) is 0 Å². The molecular weight excluding hydrogens is 275 g/mol. The average Bonchev–Trinajstić information content (AvgIpc) is 2.41. The van der Waals surface area contributed by atoms with Gasteiger partial charge in [0.1, 0.15) is 0 Å². The van der Waals surface area contributed by atoms with Crippen molar-refractivity contribution in [2.24, 2.45) is 5.73 Å². The average molecular weight is 289 g/mol. The Kier molecular flexibility index (Phi) is 5.51. The Morgan fingerprint density at radius 3 is 2.45 bits per heavy atom. The fourth-order valence-electron chi connectivity index (χ4n) is 1.37. The standard InChI is InChI=1S/C12H14F3N3O2/c13-12(14,15)9-3-1-2-8(4-9)6-17-11(20)7-18-10(19)5-16/h1-4H,5-7,16H2,(H,17,20)(H,18,19). The molecular formula is C12H14F3N3O2. The molecule has 0 saturated carbocycles. The van der Waals surface area contributed by atoms with Gasteiger partial charge in [-0.3, -0.25) is 9.59 Å². The summed E-state index contributed by atoms with van der Waals surface area (Å²) in [5.74, 6) is -0.997. The second-order valence-corrected chi connectivity index (χ2v) is 3.96. The lowest BCUT2D eigenvalue weighted by Gasteiger charge is -2.10. The molecule has 4 N–H and O–H groups in total. The van der Waals surface area contributed by atoms with E-state index in [1.54, 1.807) is 0 Å². The molecule has 1 aromatic rings. The zero-order chi connectivity index (χ0) is 15.2. The maximum atomic E-state index is 12.5. The van der Waals surface area contributed by atoms with E-state index >= 15 is 0 Å². The molecule has 0 atom stereocenters. The van der Waals surface area contributed by atoms with E-state index in [0.29, 0.717) is 5.56 Å². The third-order valence-electron chi connectivity index (χ3n) is 2.38. The number of rotatable bonds is 5. The molecule has 0 aromatic heterocycles. The smallest absolute Gasteiger partial charge is 0.350 e. The largest absolute Gasteiger partial charge is 0.416 e. The van der Waals surface area contributed by atoms with Gasteiger partial charge in [0.2, 0.25) is 11.8 Å². The van der Waals surface area contributed by atoms with Gasteiger partial charge in [0.15, 0.2) is 0 Å². The zero-order valence-electron chi connectivity index (χ0n) is 10.5. The van der Waals surface area contributed by atoms with E-state index in [-0.39, 0.29) is 19.6 Å². The molecule has 110 valence electrons. The van der Waals surface area contributed by atoms with Crippen LogP contribution in [0.4, 0.5) is 13.2 Å². The second-order valence-electron chi connectivity index (χ2n) is 3.96. The zero-order valence-corrected chi connectivity index (χ0v) is 10.5. The maximum absolute atomic E-state index is 12.5. The Labute approximate surface area is 113 Å². The first kappa shape index (κ1) is 16.0. The summed E-state index contributed by atoms with van der Waals surface area (Å²) in [7, 11) is 0. The SMILES string of the molecule is NCC(=O)NCC(=O)NCc1cccc(C(F)(F)F)c1. The third kappa shape index (κ3) is 5.27. The number of carbonyl (C=O) groups excluding carboxylic acids is 2. The molecule has 0 heterocycles. The Morgan fingerprint density at radius 1 is 1.15 bits per heavy atom. The molecule has 1 aromatic carbocycles. The molecule has 1 rings (SSSR count). The molecule has 0 saturated heterocycles. The molecule has 0 aliphatic heterocycles. The lowest BCUT2D eigenvalue weighted by atomic mass is 10.1. The number of benzene rings is 1. The van der Waals surface area contributed by atoms with Crippen LogP contribution in [0.25, 0.3) is 0 Å². The van der Waals surface area contributed by atoms with Gasteiger partial charge in [-0.2, -0.15) is 13.2 Å². The number of hydrogen-bond donors (Lipinski definition) is 3. The number of hydrogen-bond acceptors (Lipinski definition) is 3. The van der Waals surface area contributed by atoms with Crippen LogP contribution < -0.4 is 16.4 Å². The van der Waals surface area contributed by atoms with Crippen LogP contribution >= 0.6 is 0 Å². The van der Waals surface area contributed by atoms with E-state index in [4.69, 9.17) is 5.73 Å². The molecule has 0 radical (unpaired) electrons. The van der Waals surface area contributed by atoms with Gasteiger partial charge in [-0.05, 0) is 17.7 Å². The van der Waals surface area contributed by atoms with Crippen molar-refractivity contribution in [1.82, 2.24) is 10.6 Å². The van der Waals surface area contributed by atoms with Gasteiger partial charge in [0.05, 0.1) is 18.7 Å². The van der Waals surface area contributed by atoms with E-state index in [1.807, 2.05) is 0 Å². The summed E-state index contributed by atoms with van der Waals surface area (Å²) in [6, 6.07) is 4.64. The van der Waals surface area contributed by atoms with E-state index in [2.05, 4.69) is 10.6 Å². The summed E-state index contributed by atoms with van der Waals surface area (Å²) in [6.45, 7) is -0.558. The van der Waals surface area contributed by atoms with E-state index < -0.39 is 23.6 Å². The minimum Gasteiger partial charge on any atom is -0.350 e. The van der Waals surface area contributed by atoms with Crippen LogP contribution in [0.5, 0.6) is 0 Å². The number of nitrogens with one attached hydrogen (secondary N) is 2. The molecule has 0 spiro atoms. The van der Waals surface area contributed by atoms with Gasteiger partial charge in [-0.25, -0.2) is 0 Å². The topological polar surface area (TPSA) is 84.2 Å². The predicted molar refractivity (Wildman–Crippen MR) is 65.4 cm³/mol. The fourth-order valence-corrected chi connectivity index (χ4v) is 1.37. The molecule has 0 bridgehead atoms. The third-order valence-corrected chi connectivity index (χ3v) is 2.38. The van der Waals surface area contributed by atoms with E-state index in [1.165, 1.54) is 12.1 Å². The molecule has 0 aliphatic carbocycles. The summed E-state index contributed by atoms with van der Waals surface area (Å²) in [4.78, 5) is 22.1. The van der Waals surface area contributed by atoms with Gasteiger partial charge >= 0.3 is 6.18 Å². The first-order valence-electron chi connectivity index (χ1n) is 5.72. The summed E-state index contributed by atoms with van der Waals surface area (Å²) < 4.78 is 37.4. The van der Waals surface area contributed by atoms with Gasteiger partial charge in [-0.15, -0.1) is 0 Å². The highest BCUT2D eigenvalue weighted by molar-refractivity contribution is 5.85. The molecule has 5 nitrogen and oxygen atoms in total. The van der Waals surface area contributed by atoms with Crippen molar-refractivity contribution in [3.63, 3.8) is 0 Å². The molecule has 0 fully saturated rings. The maximum Gasteiger partial charge on any atom is 0.416 e. The minimum absolute atomic E-state index is 0.0543. The number of carbonyl (C=O) groups is 2. The number of amides is 2. The number of nitrogens with two attached hydrogens (primary N) is 1. The first-order chi connectivity index (χ1) is 9.32. The van der Waals surface area contributed by atoms with Crippen LogP contribution in [-0.4, -0.2) is 24.9 Å². The Morgan fingerprint density at radius 2 is 1.85 bits per heavy atom. The van der Waals surface area contributed by atoms with Gasteiger partial charge < -0.3 is 16.4 Å². The molecule has 8 heteroatoms. The molecule has 2 amide bonds. The molecule has 20 heavy (non-hydrogen) atoms. The lowest BCUT2D eigenvalue weighted by Crippen LogP contribution is -2.39. The van der Waals surface area contributed by atoms with Crippen molar-refractivity contribution in [2.45, 2.75) is 12.7 Å². The number of alkyl halides is 3. The Bertz CT molecular complexity index is 489. The predicted octanol–water partition coefficient (Wildman–Crippen LogP) is 0.396. The fraction of sp³-hybridized carbons (Fsp3) is 0.333. The second kappa shape index (κ2) is 6.90.